The Morgan fingerprint density at radius 3 is 2.28 bits per heavy atom. The molecule has 1 fully saturated rings. The molecule has 1 saturated carbocycles. The summed E-state index contributed by atoms with van der Waals surface area (Å²) in [7, 11) is 1.92. The van der Waals surface area contributed by atoms with Crippen molar-refractivity contribution in [1.29, 1.82) is 0 Å². The van der Waals surface area contributed by atoms with E-state index in [4.69, 9.17) is 0 Å². The van der Waals surface area contributed by atoms with Gasteiger partial charge in [-0.05, 0) is 37.1 Å². The summed E-state index contributed by atoms with van der Waals surface area (Å²) in [5, 5.41) is 14.0. The molecule has 0 radical (unpaired) electrons. The first kappa shape index (κ1) is 19.5. The number of benzene rings is 2. The Labute approximate surface area is 169 Å². The molecule has 0 unspecified atom stereocenters. The Hall–Kier alpha value is -1.82. The van der Waals surface area contributed by atoms with E-state index in [0.29, 0.717) is 18.5 Å². The predicted molar refractivity (Wildman–Crippen MR) is 90.9 cm³/mol. The van der Waals surface area contributed by atoms with E-state index in [1.807, 2.05) is 66.5 Å². The van der Waals surface area contributed by atoms with Crippen molar-refractivity contribution in [2.75, 3.05) is 17.3 Å². The van der Waals surface area contributed by atoms with Crippen LogP contribution >= 0.6 is 0 Å². The van der Waals surface area contributed by atoms with Crippen LogP contribution in [-0.4, -0.2) is 18.9 Å². The van der Waals surface area contributed by atoms with Crippen LogP contribution in [0.3, 0.4) is 0 Å². The molecule has 2 aromatic carbocycles. The molecule has 25 heavy (non-hydrogen) atoms. The van der Waals surface area contributed by atoms with Gasteiger partial charge in [0.2, 0.25) is 5.91 Å². The zero-order valence-electron chi connectivity index (χ0n) is 14.5. The molecule has 6 heteroatoms. The fourth-order valence-electron chi connectivity index (χ4n) is 2.77. The van der Waals surface area contributed by atoms with E-state index < -0.39 is 11.4 Å². The molecule has 5 nitrogen and oxygen atoms in total. The predicted octanol–water partition coefficient (Wildman–Crippen LogP) is -0.683. The summed E-state index contributed by atoms with van der Waals surface area (Å²) in [6, 6.07) is 17.3. The van der Waals surface area contributed by atoms with Crippen LogP contribution in [-0.2, 0) is 9.59 Å². The van der Waals surface area contributed by atoms with Crippen LogP contribution in [0.25, 0.3) is 0 Å². The number of para-hydroxylation sites is 3. The van der Waals surface area contributed by atoms with Crippen LogP contribution in [0.4, 0.5) is 17.1 Å². The molecule has 0 spiro atoms. The van der Waals surface area contributed by atoms with Crippen molar-refractivity contribution in [3.8, 4) is 0 Å². The van der Waals surface area contributed by atoms with E-state index >= 15 is 0 Å². The summed E-state index contributed by atoms with van der Waals surface area (Å²) in [4.78, 5) is 25.4. The van der Waals surface area contributed by atoms with Gasteiger partial charge in [0.05, 0.1) is 11.4 Å². The Morgan fingerprint density at radius 2 is 1.68 bits per heavy atom. The number of carboxylic acid groups (broad SMARTS) is 1. The first-order valence-electron chi connectivity index (χ1n) is 7.91. The average molecular weight is 346 g/mol. The minimum atomic E-state index is -1.13. The van der Waals surface area contributed by atoms with Crippen molar-refractivity contribution in [2.45, 2.75) is 19.3 Å². The third kappa shape index (κ3) is 4.42. The third-order valence-corrected chi connectivity index (χ3v) is 4.47. The number of nitrogens with one attached hydrogen (secondary N) is 1. The molecule has 1 aliphatic rings. The number of carbonyl (C=O) groups excluding carboxylic acids is 2. The summed E-state index contributed by atoms with van der Waals surface area (Å²) < 4.78 is 0. The van der Waals surface area contributed by atoms with Gasteiger partial charge in [0.25, 0.3) is 0 Å². The molecule has 1 aliphatic carbocycles. The number of nitrogens with zero attached hydrogens (tertiary/aromatic N) is 1. The van der Waals surface area contributed by atoms with Crippen molar-refractivity contribution >= 4 is 28.9 Å². The minimum Gasteiger partial charge on any atom is -0.550 e. The van der Waals surface area contributed by atoms with Crippen molar-refractivity contribution < 1.29 is 44.3 Å². The minimum absolute atomic E-state index is 0. The van der Waals surface area contributed by atoms with E-state index in [-0.39, 0.29) is 41.9 Å². The maximum atomic E-state index is 12.3. The standard InChI is InChI=1S/C19H20N2O3.Na/c1-21(14-7-3-2-4-8-14)16-10-6-5-9-15(16)20-17(22)13-19(11-12-19)18(23)24;/h2-10H,11-13H2,1H3,(H,20,22)(H,23,24);/q;+1/p-1. The van der Waals surface area contributed by atoms with Crippen LogP contribution in [0.5, 0.6) is 0 Å². The van der Waals surface area contributed by atoms with Gasteiger partial charge in [-0.3, -0.25) is 4.79 Å². The number of hydrogen-bond acceptors (Lipinski definition) is 4. The molecule has 0 aliphatic heterocycles. The smallest absolute Gasteiger partial charge is 0.550 e. The second-order valence-electron chi connectivity index (χ2n) is 6.20. The first-order chi connectivity index (χ1) is 11.5. The maximum Gasteiger partial charge on any atom is 1.00 e. The largest absolute Gasteiger partial charge is 1.00 e. The summed E-state index contributed by atoms with van der Waals surface area (Å²) in [6.07, 6.45) is 0.974. The zero-order chi connectivity index (χ0) is 17.2. The summed E-state index contributed by atoms with van der Waals surface area (Å²) >= 11 is 0. The van der Waals surface area contributed by atoms with Gasteiger partial charge in [-0.15, -0.1) is 0 Å². The van der Waals surface area contributed by atoms with Crippen molar-refractivity contribution in [3.05, 3.63) is 54.6 Å². The van der Waals surface area contributed by atoms with Gasteiger partial charge in [0.15, 0.2) is 0 Å². The number of hydrogen-bond donors (Lipinski definition) is 1. The van der Waals surface area contributed by atoms with Crippen molar-refractivity contribution in [2.24, 2.45) is 5.41 Å². The van der Waals surface area contributed by atoms with Crippen LogP contribution in [0.2, 0.25) is 0 Å². The molecular weight excluding hydrogens is 327 g/mol. The molecule has 1 N–H and O–H groups in total. The maximum absolute atomic E-state index is 12.3. The molecule has 0 heterocycles. The van der Waals surface area contributed by atoms with Crippen LogP contribution in [0.1, 0.15) is 19.3 Å². The molecule has 0 saturated heterocycles. The fourth-order valence-corrected chi connectivity index (χ4v) is 2.77. The van der Waals surface area contributed by atoms with Gasteiger partial charge >= 0.3 is 29.6 Å². The van der Waals surface area contributed by atoms with E-state index in [2.05, 4.69) is 5.32 Å². The van der Waals surface area contributed by atoms with Crippen molar-refractivity contribution in [1.82, 2.24) is 0 Å². The van der Waals surface area contributed by atoms with Gasteiger partial charge in [-0.25, -0.2) is 0 Å². The van der Waals surface area contributed by atoms with Gasteiger partial charge in [0.1, 0.15) is 0 Å². The van der Waals surface area contributed by atoms with Crippen molar-refractivity contribution in [3.63, 3.8) is 0 Å². The van der Waals surface area contributed by atoms with Gasteiger partial charge in [-0.1, -0.05) is 30.3 Å². The van der Waals surface area contributed by atoms with Gasteiger partial charge < -0.3 is 20.1 Å². The van der Waals surface area contributed by atoms with E-state index in [0.717, 1.165) is 11.4 Å². The second kappa shape index (κ2) is 8.04. The molecule has 2 aromatic rings. The Morgan fingerprint density at radius 1 is 1.08 bits per heavy atom. The number of carbonyl (C=O) groups is 2. The summed E-state index contributed by atoms with van der Waals surface area (Å²) in [5.74, 6) is -1.43. The Bertz CT molecular complexity index is 760. The molecule has 1 amide bonds. The monoisotopic (exact) mass is 346 g/mol. The topological polar surface area (TPSA) is 72.5 Å². The molecular formula is C19H19N2NaO3. The molecule has 0 aromatic heterocycles. The number of aliphatic carboxylic acids is 1. The average Bonchev–Trinajstić information content (AvgIpc) is 3.36. The molecule has 124 valence electrons. The first-order valence-corrected chi connectivity index (χ1v) is 7.91. The third-order valence-electron chi connectivity index (χ3n) is 4.47. The summed E-state index contributed by atoms with van der Waals surface area (Å²) in [6.45, 7) is 0. The number of carboxylic acids is 1. The number of anilines is 3. The van der Waals surface area contributed by atoms with Crippen LogP contribution in [0, 0.1) is 5.41 Å². The quantitative estimate of drug-likeness (QED) is 0.704. The summed E-state index contributed by atoms with van der Waals surface area (Å²) in [5.41, 5.74) is 1.52. The van der Waals surface area contributed by atoms with Gasteiger partial charge in [-0.2, -0.15) is 0 Å². The number of rotatable bonds is 6. The van der Waals surface area contributed by atoms with Crippen LogP contribution < -0.4 is 44.9 Å². The van der Waals surface area contributed by atoms with Gasteiger partial charge in [0, 0.05) is 30.5 Å². The van der Waals surface area contributed by atoms with Crippen LogP contribution in [0.15, 0.2) is 54.6 Å². The molecule has 0 atom stereocenters. The fraction of sp³-hybridized carbons (Fsp3) is 0.263. The second-order valence-corrected chi connectivity index (χ2v) is 6.20. The normalized spacial score (nSPS) is 14.1. The Kier molecular flexibility index (Phi) is 6.27. The number of amides is 1. The molecule has 0 bridgehead atoms. The van der Waals surface area contributed by atoms with E-state index in [1.165, 1.54) is 0 Å². The Balaban J connectivity index is 0.00000225. The SMILES string of the molecule is CN(c1ccccc1)c1ccccc1NC(=O)CC1(C(=O)[O-])CC1.[Na+]. The molecule has 3 rings (SSSR count). The zero-order valence-corrected chi connectivity index (χ0v) is 16.5. The van der Waals surface area contributed by atoms with E-state index in [1.54, 1.807) is 0 Å². The van der Waals surface area contributed by atoms with E-state index in [9.17, 15) is 14.7 Å².